The molecule has 3 N–H and O–H groups in total. The van der Waals surface area contributed by atoms with E-state index in [4.69, 9.17) is 10.5 Å². The van der Waals surface area contributed by atoms with E-state index in [0.717, 1.165) is 56.8 Å². The molecule has 1 aliphatic heterocycles. The Bertz CT molecular complexity index is 636. The van der Waals surface area contributed by atoms with Crippen LogP contribution < -0.4 is 11.1 Å². The molecule has 3 heterocycles. The molecule has 2 aromatic heterocycles. The molecule has 0 aromatic carbocycles. The smallest absolute Gasteiger partial charge is 0.226 e. The minimum absolute atomic E-state index is 0.470. The van der Waals surface area contributed by atoms with Gasteiger partial charge in [0.05, 0.1) is 24.8 Å². The van der Waals surface area contributed by atoms with Crippen molar-refractivity contribution < 1.29 is 4.74 Å². The van der Waals surface area contributed by atoms with Crippen molar-refractivity contribution in [3.63, 3.8) is 0 Å². The summed E-state index contributed by atoms with van der Waals surface area (Å²) in [5.74, 6) is 1.05. The van der Waals surface area contributed by atoms with Gasteiger partial charge < -0.3 is 15.8 Å². The Balaban J connectivity index is 1.39. The van der Waals surface area contributed by atoms with Gasteiger partial charge in [-0.2, -0.15) is 15.1 Å². The average Bonchev–Trinajstić information content (AvgIpc) is 2.94. The summed E-state index contributed by atoms with van der Waals surface area (Å²) in [4.78, 5) is 11.2. The number of aromatic nitrogens is 4. The second-order valence-corrected chi connectivity index (χ2v) is 5.88. The molecule has 0 amide bonds. The molecule has 1 fully saturated rings. The van der Waals surface area contributed by atoms with Crippen LogP contribution in [0.1, 0.15) is 19.3 Å². The van der Waals surface area contributed by atoms with E-state index in [1.807, 2.05) is 7.05 Å². The van der Waals surface area contributed by atoms with Gasteiger partial charge in [-0.3, -0.25) is 9.58 Å². The first-order chi connectivity index (χ1) is 11.2. The van der Waals surface area contributed by atoms with Crippen molar-refractivity contribution in [3.05, 3.63) is 6.20 Å². The second-order valence-electron chi connectivity index (χ2n) is 5.88. The highest BCUT2D eigenvalue weighted by Crippen LogP contribution is 2.18. The SMILES string of the molecule is Cn1ncc2c(N)nc(NCCCCCN3CCOCC3)nc21. The predicted octanol–water partition coefficient (Wildman–Crippen LogP) is 0.860. The largest absolute Gasteiger partial charge is 0.383 e. The highest BCUT2D eigenvalue weighted by Gasteiger charge is 2.10. The lowest BCUT2D eigenvalue weighted by molar-refractivity contribution is 0.0372. The van der Waals surface area contributed by atoms with E-state index in [0.29, 0.717) is 11.8 Å². The molecule has 8 heteroatoms. The van der Waals surface area contributed by atoms with Gasteiger partial charge in [-0.1, -0.05) is 6.42 Å². The summed E-state index contributed by atoms with van der Waals surface area (Å²) in [5, 5.41) is 8.21. The van der Waals surface area contributed by atoms with E-state index in [2.05, 4.69) is 25.3 Å². The first-order valence-corrected chi connectivity index (χ1v) is 8.23. The van der Waals surface area contributed by atoms with E-state index < -0.39 is 0 Å². The summed E-state index contributed by atoms with van der Waals surface area (Å²) >= 11 is 0. The lowest BCUT2D eigenvalue weighted by Gasteiger charge is -2.26. The van der Waals surface area contributed by atoms with Gasteiger partial charge in [0.25, 0.3) is 0 Å². The zero-order valence-corrected chi connectivity index (χ0v) is 13.7. The lowest BCUT2D eigenvalue weighted by atomic mass is 10.2. The molecular weight excluding hydrogens is 294 g/mol. The fraction of sp³-hybridized carbons (Fsp3) is 0.667. The Morgan fingerprint density at radius 3 is 2.87 bits per heavy atom. The molecule has 0 aliphatic carbocycles. The summed E-state index contributed by atoms with van der Waals surface area (Å²) < 4.78 is 7.06. The number of nitrogens with zero attached hydrogens (tertiary/aromatic N) is 5. The minimum Gasteiger partial charge on any atom is -0.383 e. The molecule has 0 unspecified atom stereocenters. The maximum Gasteiger partial charge on any atom is 0.226 e. The van der Waals surface area contributed by atoms with E-state index in [1.165, 1.54) is 12.8 Å². The fourth-order valence-corrected chi connectivity index (χ4v) is 2.79. The van der Waals surface area contributed by atoms with Crippen LogP contribution in [0.25, 0.3) is 11.0 Å². The molecule has 0 saturated carbocycles. The summed E-state index contributed by atoms with van der Waals surface area (Å²) in [6.45, 7) is 5.89. The number of nitrogens with one attached hydrogen (secondary N) is 1. The van der Waals surface area contributed by atoms with Crippen LogP contribution in [0, 0.1) is 0 Å². The summed E-state index contributed by atoms with van der Waals surface area (Å²) in [5.41, 5.74) is 6.70. The Morgan fingerprint density at radius 1 is 1.22 bits per heavy atom. The monoisotopic (exact) mass is 319 g/mol. The first kappa shape index (κ1) is 15.9. The fourth-order valence-electron chi connectivity index (χ4n) is 2.79. The van der Waals surface area contributed by atoms with Gasteiger partial charge in [0, 0.05) is 26.7 Å². The second kappa shape index (κ2) is 7.56. The third kappa shape index (κ3) is 4.08. The Kier molecular flexibility index (Phi) is 5.24. The van der Waals surface area contributed by atoms with E-state index >= 15 is 0 Å². The number of morpholine rings is 1. The average molecular weight is 319 g/mol. The van der Waals surface area contributed by atoms with Gasteiger partial charge in [0.2, 0.25) is 5.95 Å². The zero-order valence-electron chi connectivity index (χ0n) is 13.7. The van der Waals surface area contributed by atoms with Gasteiger partial charge in [-0.15, -0.1) is 0 Å². The van der Waals surface area contributed by atoms with Crippen molar-refractivity contribution in [3.8, 4) is 0 Å². The molecule has 0 atom stereocenters. The lowest BCUT2D eigenvalue weighted by Crippen LogP contribution is -2.36. The molecule has 0 bridgehead atoms. The van der Waals surface area contributed by atoms with Crippen LogP contribution in [0.4, 0.5) is 11.8 Å². The molecule has 0 radical (unpaired) electrons. The number of anilines is 2. The Morgan fingerprint density at radius 2 is 2.04 bits per heavy atom. The van der Waals surface area contributed by atoms with Crippen molar-refractivity contribution >= 4 is 22.8 Å². The zero-order chi connectivity index (χ0) is 16.1. The number of nitrogens with two attached hydrogens (primary N) is 1. The van der Waals surface area contributed by atoms with Crippen LogP contribution in [0.5, 0.6) is 0 Å². The molecule has 8 nitrogen and oxygen atoms in total. The minimum atomic E-state index is 0.470. The third-order valence-electron chi connectivity index (χ3n) is 4.16. The molecule has 2 aromatic rings. The van der Waals surface area contributed by atoms with Crippen molar-refractivity contribution in [2.45, 2.75) is 19.3 Å². The Hall–Kier alpha value is -1.93. The molecule has 1 saturated heterocycles. The highest BCUT2D eigenvalue weighted by atomic mass is 16.5. The van der Waals surface area contributed by atoms with Crippen molar-refractivity contribution in [2.24, 2.45) is 7.05 Å². The number of ether oxygens (including phenoxy) is 1. The number of aryl methyl sites for hydroxylation is 1. The van der Waals surface area contributed by atoms with Gasteiger partial charge >= 0.3 is 0 Å². The summed E-state index contributed by atoms with van der Waals surface area (Å²) in [6, 6.07) is 0. The number of nitrogen functional groups attached to an aromatic ring is 1. The van der Waals surface area contributed by atoms with Crippen LogP contribution in [-0.4, -0.2) is 64.0 Å². The van der Waals surface area contributed by atoms with Crippen LogP contribution in [0.3, 0.4) is 0 Å². The maximum atomic E-state index is 5.94. The summed E-state index contributed by atoms with van der Waals surface area (Å²) in [6.07, 6.45) is 5.19. The van der Waals surface area contributed by atoms with E-state index in [-0.39, 0.29) is 0 Å². The normalized spacial score (nSPS) is 16.0. The summed E-state index contributed by atoms with van der Waals surface area (Å²) in [7, 11) is 1.85. The van der Waals surface area contributed by atoms with Crippen LogP contribution >= 0.6 is 0 Å². The number of hydrogen-bond donors (Lipinski definition) is 2. The third-order valence-corrected chi connectivity index (χ3v) is 4.16. The van der Waals surface area contributed by atoms with Crippen LogP contribution in [0.15, 0.2) is 6.20 Å². The van der Waals surface area contributed by atoms with Gasteiger partial charge in [-0.05, 0) is 19.4 Å². The van der Waals surface area contributed by atoms with Gasteiger partial charge in [0.1, 0.15) is 5.82 Å². The topological polar surface area (TPSA) is 94.1 Å². The number of rotatable bonds is 7. The molecule has 3 rings (SSSR count). The van der Waals surface area contributed by atoms with Crippen molar-refractivity contribution in [1.29, 1.82) is 0 Å². The number of fused-ring (bicyclic) bond motifs is 1. The van der Waals surface area contributed by atoms with Crippen LogP contribution in [0.2, 0.25) is 0 Å². The molecule has 1 aliphatic rings. The standard InChI is InChI=1S/C15H25N7O/c1-21-14-12(11-18-21)13(16)19-15(20-14)17-5-3-2-4-6-22-7-9-23-10-8-22/h11H,2-10H2,1H3,(H3,16,17,19,20). The molecule has 0 spiro atoms. The Labute approximate surface area is 136 Å². The first-order valence-electron chi connectivity index (χ1n) is 8.23. The number of unbranched alkanes of at least 4 members (excludes halogenated alkanes) is 2. The molecule has 126 valence electrons. The number of hydrogen-bond acceptors (Lipinski definition) is 7. The molecule has 23 heavy (non-hydrogen) atoms. The van der Waals surface area contributed by atoms with Crippen molar-refractivity contribution in [1.82, 2.24) is 24.6 Å². The predicted molar refractivity (Wildman–Crippen MR) is 90.3 cm³/mol. The van der Waals surface area contributed by atoms with E-state index in [9.17, 15) is 0 Å². The van der Waals surface area contributed by atoms with Gasteiger partial charge in [-0.25, -0.2) is 0 Å². The van der Waals surface area contributed by atoms with Crippen LogP contribution in [-0.2, 0) is 11.8 Å². The van der Waals surface area contributed by atoms with E-state index in [1.54, 1.807) is 10.9 Å². The molecular formula is C15H25N7O. The van der Waals surface area contributed by atoms with Crippen molar-refractivity contribution in [2.75, 3.05) is 50.4 Å². The maximum absolute atomic E-state index is 5.94. The highest BCUT2D eigenvalue weighted by molar-refractivity contribution is 5.86. The van der Waals surface area contributed by atoms with Gasteiger partial charge in [0.15, 0.2) is 5.65 Å². The quantitative estimate of drug-likeness (QED) is 0.731.